The summed E-state index contributed by atoms with van der Waals surface area (Å²) in [5.41, 5.74) is 1.27. The van der Waals surface area contributed by atoms with Gasteiger partial charge in [0.15, 0.2) is 0 Å². The molecule has 1 atom stereocenters. The summed E-state index contributed by atoms with van der Waals surface area (Å²) >= 11 is 0. The van der Waals surface area contributed by atoms with E-state index >= 15 is 0 Å². The Morgan fingerprint density at radius 2 is 2.06 bits per heavy atom. The van der Waals surface area contributed by atoms with Crippen LogP contribution in [0.2, 0.25) is 0 Å². The minimum absolute atomic E-state index is 0.671. The average Bonchev–Trinajstić information content (AvgIpc) is 2.95. The van der Waals surface area contributed by atoms with E-state index in [0.29, 0.717) is 12.0 Å². The molecule has 1 aromatic heterocycles. The van der Waals surface area contributed by atoms with Gasteiger partial charge in [-0.25, -0.2) is 0 Å². The molecule has 0 saturated carbocycles. The van der Waals surface area contributed by atoms with E-state index < -0.39 is 0 Å². The van der Waals surface area contributed by atoms with Crippen LogP contribution in [0.4, 0.5) is 0 Å². The molecule has 1 saturated heterocycles. The maximum absolute atomic E-state index is 4.19. The summed E-state index contributed by atoms with van der Waals surface area (Å²) < 4.78 is 1.86. The van der Waals surface area contributed by atoms with Crippen LogP contribution in [0.15, 0.2) is 12.4 Å². The molecule has 1 N–H and O–H groups in total. The molecule has 1 fully saturated rings. The van der Waals surface area contributed by atoms with Crippen LogP contribution in [-0.2, 0) is 13.6 Å². The molecule has 0 amide bonds. The predicted octanol–water partition coefficient (Wildman–Crippen LogP) is 1.63. The largest absolute Gasteiger partial charge is 0.311 e. The van der Waals surface area contributed by atoms with Crippen molar-refractivity contribution in [2.24, 2.45) is 13.0 Å². The zero-order valence-corrected chi connectivity index (χ0v) is 11.9. The molecule has 4 nitrogen and oxygen atoms in total. The van der Waals surface area contributed by atoms with Crippen LogP contribution >= 0.6 is 0 Å². The van der Waals surface area contributed by atoms with Crippen LogP contribution in [0, 0.1) is 5.92 Å². The fourth-order valence-corrected chi connectivity index (χ4v) is 2.79. The third kappa shape index (κ3) is 3.56. The zero-order valence-electron chi connectivity index (χ0n) is 11.9. The van der Waals surface area contributed by atoms with E-state index in [1.165, 1.54) is 31.5 Å². The second kappa shape index (κ2) is 6.34. The molecule has 1 aliphatic rings. The van der Waals surface area contributed by atoms with Crippen molar-refractivity contribution in [3.63, 3.8) is 0 Å². The third-order valence-corrected chi connectivity index (χ3v) is 3.82. The van der Waals surface area contributed by atoms with Crippen molar-refractivity contribution in [2.75, 3.05) is 19.6 Å². The van der Waals surface area contributed by atoms with E-state index in [2.05, 4.69) is 35.4 Å². The Labute approximate surface area is 110 Å². The minimum Gasteiger partial charge on any atom is -0.311 e. The summed E-state index contributed by atoms with van der Waals surface area (Å²) in [7, 11) is 1.96. The average molecular weight is 250 g/mol. The Morgan fingerprint density at radius 1 is 1.33 bits per heavy atom. The maximum atomic E-state index is 4.19. The van der Waals surface area contributed by atoms with Gasteiger partial charge in [-0.3, -0.25) is 9.58 Å². The third-order valence-electron chi connectivity index (χ3n) is 3.82. The fraction of sp³-hybridized carbons (Fsp3) is 0.786. The first-order chi connectivity index (χ1) is 8.66. The van der Waals surface area contributed by atoms with Gasteiger partial charge in [-0.05, 0) is 31.8 Å². The van der Waals surface area contributed by atoms with Crippen molar-refractivity contribution in [3.8, 4) is 0 Å². The van der Waals surface area contributed by atoms with Gasteiger partial charge in [-0.2, -0.15) is 5.10 Å². The van der Waals surface area contributed by atoms with E-state index in [9.17, 15) is 0 Å². The molecule has 0 radical (unpaired) electrons. The molecule has 1 aromatic rings. The van der Waals surface area contributed by atoms with Crippen molar-refractivity contribution in [1.29, 1.82) is 0 Å². The van der Waals surface area contributed by atoms with Crippen LogP contribution < -0.4 is 5.32 Å². The molecule has 4 heteroatoms. The Hall–Kier alpha value is -0.870. The molecule has 102 valence electrons. The van der Waals surface area contributed by atoms with E-state index in [-0.39, 0.29) is 0 Å². The van der Waals surface area contributed by atoms with E-state index in [1.807, 2.05) is 17.9 Å². The van der Waals surface area contributed by atoms with Gasteiger partial charge in [0.25, 0.3) is 0 Å². The summed E-state index contributed by atoms with van der Waals surface area (Å²) in [6, 6.07) is 0.671. The fourth-order valence-electron chi connectivity index (χ4n) is 2.79. The monoisotopic (exact) mass is 250 g/mol. The summed E-state index contributed by atoms with van der Waals surface area (Å²) in [4.78, 5) is 2.64. The highest BCUT2D eigenvalue weighted by Gasteiger charge is 2.23. The molecule has 1 aliphatic heterocycles. The highest BCUT2D eigenvalue weighted by Crippen LogP contribution is 2.17. The number of nitrogens with one attached hydrogen (secondary N) is 1. The van der Waals surface area contributed by atoms with Gasteiger partial charge in [0.1, 0.15) is 0 Å². The van der Waals surface area contributed by atoms with E-state index in [1.54, 1.807) is 0 Å². The highest BCUT2D eigenvalue weighted by atomic mass is 15.2. The van der Waals surface area contributed by atoms with Crippen LogP contribution in [0.25, 0.3) is 0 Å². The lowest BCUT2D eigenvalue weighted by Gasteiger charge is -2.31. The summed E-state index contributed by atoms with van der Waals surface area (Å²) in [6.45, 7) is 9.20. The normalized spacial score (nSPS) is 18.7. The molecule has 18 heavy (non-hydrogen) atoms. The van der Waals surface area contributed by atoms with Crippen LogP contribution in [0.3, 0.4) is 0 Å². The van der Waals surface area contributed by atoms with Gasteiger partial charge in [0.05, 0.1) is 6.20 Å². The number of nitrogens with zero attached hydrogens (tertiary/aromatic N) is 3. The van der Waals surface area contributed by atoms with Gasteiger partial charge in [-0.15, -0.1) is 0 Å². The number of hydrogen-bond acceptors (Lipinski definition) is 3. The molecule has 0 spiro atoms. The van der Waals surface area contributed by atoms with Gasteiger partial charge < -0.3 is 5.32 Å². The maximum Gasteiger partial charge on any atom is 0.0534 e. The van der Waals surface area contributed by atoms with Crippen LogP contribution in [0.1, 0.15) is 32.3 Å². The lowest BCUT2D eigenvalue weighted by atomic mass is 10.0. The SMILES string of the molecule is CC(C)C(CNCc1cnn(C)c1)N1CCCC1. The molecule has 2 rings (SSSR count). The molecular formula is C14H26N4. The van der Waals surface area contributed by atoms with Gasteiger partial charge in [-0.1, -0.05) is 13.8 Å². The van der Waals surface area contributed by atoms with E-state index in [4.69, 9.17) is 0 Å². The summed E-state index contributed by atoms with van der Waals surface area (Å²) in [5.74, 6) is 0.712. The van der Waals surface area contributed by atoms with Crippen LogP contribution in [-0.4, -0.2) is 40.4 Å². The highest BCUT2D eigenvalue weighted by molar-refractivity contribution is 5.02. The summed E-state index contributed by atoms with van der Waals surface area (Å²) in [6.07, 6.45) is 6.75. The lowest BCUT2D eigenvalue weighted by Crippen LogP contribution is -2.44. The molecule has 2 heterocycles. The molecule has 0 bridgehead atoms. The molecule has 1 unspecified atom stereocenters. The number of aromatic nitrogens is 2. The van der Waals surface area contributed by atoms with Crippen molar-refractivity contribution in [1.82, 2.24) is 20.0 Å². The Kier molecular flexibility index (Phi) is 4.78. The lowest BCUT2D eigenvalue weighted by molar-refractivity contribution is 0.186. The molecule has 0 aromatic carbocycles. The second-order valence-electron chi connectivity index (χ2n) is 5.71. The predicted molar refractivity (Wildman–Crippen MR) is 74.3 cm³/mol. The molecular weight excluding hydrogens is 224 g/mol. The summed E-state index contributed by atoms with van der Waals surface area (Å²) in [5, 5.41) is 7.77. The first-order valence-corrected chi connectivity index (χ1v) is 7.09. The smallest absolute Gasteiger partial charge is 0.0534 e. The van der Waals surface area contributed by atoms with Crippen molar-refractivity contribution >= 4 is 0 Å². The Balaban J connectivity index is 1.78. The first-order valence-electron chi connectivity index (χ1n) is 7.09. The Bertz CT molecular complexity index is 352. The van der Waals surface area contributed by atoms with Gasteiger partial charge in [0, 0.05) is 37.9 Å². The standard InChI is InChI=1S/C14H26N4/c1-12(2)14(18-6-4-5-7-18)10-15-8-13-9-16-17(3)11-13/h9,11-12,14-15H,4-8,10H2,1-3H3. The Morgan fingerprint density at radius 3 is 2.61 bits per heavy atom. The number of aryl methyl sites for hydroxylation is 1. The second-order valence-corrected chi connectivity index (χ2v) is 5.71. The molecule has 0 aliphatic carbocycles. The van der Waals surface area contributed by atoms with E-state index in [0.717, 1.165) is 13.1 Å². The minimum atomic E-state index is 0.671. The van der Waals surface area contributed by atoms with Crippen molar-refractivity contribution in [3.05, 3.63) is 18.0 Å². The van der Waals surface area contributed by atoms with Gasteiger partial charge in [0.2, 0.25) is 0 Å². The number of rotatable bonds is 6. The quantitative estimate of drug-likeness (QED) is 0.833. The first kappa shape index (κ1) is 13.6. The van der Waals surface area contributed by atoms with Gasteiger partial charge >= 0.3 is 0 Å². The van der Waals surface area contributed by atoms with Crippen molar-refractivity contribution < 1.29 is 0 Å². The zero-order chi connectivity index (χ0) is 13.0. The van der Waals surface area contributed by atoms with Crippen molar-refractivity contribution in [2.45, 2.75) is 39.3 Å². The topological polar surface area (TPSA) is 33.1 Å². The van der Waals surface area contributed by atoms with Crippen LogP contribution in [0.5, 0.6) is 0 Å². The number of hydrogen-bond donors (Lipinski definition) is 1. The number of likely N-dealkylation sites (tertiary alicyclic amines) is 1.